The number of nitrogens with zero attached hydrogens (tertiary/aromatic N) is 2. The Hall–Kier alpha value is -1.41. The van der Waals surface area contributed by atoms with Crippen molar-refractivity contribution < 1.29 is 22.8 Å². The Labute approximate surface area is 198 Å². The molecule has 0 aliphatic carbocycles. The van der Waals surface area contributed by atoms with Gasteiger partial charge in [-0.2, -0.15) is 4.98 Å². The summed E-state index contributed by atoms with van der Waals surface area (Å²) in [5.74, 6) is -0.202. The number of anilines is 1. The molecular formula is C22H40FN3O5Si2. The van der Waals surface area contributed by atoms with Gasteiger partial charge in [-0.1, -0.05) is 41.5 Å². The van der Waals surface area contributed by atoms with E-state index in [2.05, 4.69) is 59.6 Å². The Balaban J connectivity index is 2.44. The maximum Gasteiger partial charge on any atom is 0.351 e. The highest BCUT2D eigenvalue weighted by molar-refractivity contribution is 6.74. The first-order chi connectivity index (χ1) is 14.8. The first-order valence-electron chi connectivity index (χ1n) is 11.3. The van der Waals surface area contributed by atoms with Crippen LogP contribution in [0.2, 0.25) is 36.3 Å². The molecule has 0 aromatic carbocycles. The number of hydrogen-bond acceptors (Lipinski definition) is 7. The number of carbonyl (C=O) groups excluding carboxylic acids is 1. The van der Waals surface area contributed by atoms with Gasteiger partial charge in [0.2, 0.25) is 0 Å². The lowest BCUT2D eigenvalue weighted by Crippen LogP contribution is -2.50. The van der Waals surface area contributed by atoms with E-state index in [4.69, 9.17) is 19.3 Å². The molecule has 1 aliphatic rings. The van der Waals surface area contributed by atoms with E-state index in [0.29, 0.717) is 6.29 Å². The Morgan fingerprint density at radius 2 is 1.70 bits per heavy atom. The molecular weight excluding hydrogens is 463 g/mol. The average Bonchev–Trinajstić information content (AvgIpc) is 2.94. The molecule has 0 unspecified atom stereocenters. The number of alkyl halides is 1. The van der Waals surface area contributed by atoms with Crippen LogP contribution >= 0.6 is 0 Å². The Bertz CT molecular complexity index is 924. The van der Waals surface area contributed by atoms with E-state index in [1.807, 2.05) is 13.1 Å². The van der Waals surface area contributed by atoms with Gasteiger partial charge in [-0.05, 0) is 36.3 Å². The fourth-order valence-electron chi connectivity index (χ4n) is 2.99. The number of carbonyl (C=O) groups is 1. The van der Waals surface area contributed by atoms with Crippen molar-refractivity contribution in [3.63, 3.8) is 0 Å². The van der Waals surface area contributed by atoms with E-state index in [1.54, 1.807) is 0 Å². The van der Waals surface area contributed by atoms with Gasteiger partial charge in [0.25, 0.3) is 0 Å². The fourth-order valence-corrected chi connectivity index (χ4v) is 5.32. The molecule has 1 aromatic rings. The molecule has 11 heteroatoms. The second-order valence-electron chi connectivity index (χ2n) is 11.8. The van der Waals surface area contributed by atoms with Gasteiger partial charge in [0.1, 0.15) is 18.0 Å². The van der Waals surface area contributed by atoms with Crippen molar-refractivity contribution in [3.8, 4) is 0 Å². The van der Waals surface area contributed by atoms with E-state index in [9.17, 15) is 9.59 Å². The van der Waals surface area contributed by atoms with Crippen LogP contribution in [-0.2, 0) is 13.6 Å². The highest BCUT2D eigenvalue weighted by atomic mass is 28.4. The predicted molar refractivity (Wildman–Crippen MR) is 132 cm³/mol. The summed E-state index contributed by atoms with van der Waals surface area (Å²) in [6.07, 6.45) is -2.94. The van der Waals surface area contributed by atoms with Gasteiger partial charge in [-0.25, -0.2) is 9.18 Å². The first-order valence-corrected chi connectivity index (χ1v) is 17.1. The lowest BCUT2D eigenvalue weighted by atomic mass is 10.1. The maximum absolute atomic E-state index is 15.9. The van der Waals surface area contributed by atoms with Crippen molar-refractivity contribution in [2.24, 2.45) is 0 Å². The van der Waals surface area contributed by atoms with Gasteiger partial charge >= 0.3 is 5.69 Å². The average molecular weight is 504 g/mol. The summed E-state index contributed by atoms with van der Waals surface area (Å²) >= 11 is 0. The van der Waals surface area contributed by atoms with Crippen LogP contribution in [0.3, 0.4) is 0 Å². The molecule has 4 atom stereocenters. The first kappa shape index (κ1) is 27.8. The van der Waals surface area contributed by atoms with Crippen molar-refractivity contribution >= 4 is 28.7 Å². The third-order valence-corrected chi connectivity index (χ3v) is 16.3. The topological polar surface area (TPSA) is 106 Å². The third-order valence-electron chi connectivity index (χ3n) is 7.33. The molecule has 2 rings (SSSR count). The normalized spacial score (nSPS) is 24.8. The zero-order valence-corrected chi connectivity index (χ0v) is 23.6. The van der Waals surface area contributed by atoms with Crippen molar-refractivity contribution in [1.29, 1.82) is 0 Å². The zero-order valence-electron chi connectivity index (χ0n) is 21.6. The fraction of sp³-hybridized carbons (Fsp3) is 0.773. The number of rotatable bonds is 7. The molecule has 2 heterocycles. The molecule has 1 saturated heterocycles. The summed E-state index contributed by atoms with van der Waals surface area (Å²) in [6, 6.07) is 0. The molecule has 0 bridgehead atoms. The highest BCUT2D eigenvalue weighted by Gasteiger charge is 2.52. The molecule has 0 radical (unpaired) electrons. The third kappa shape index (κ3) is 5.81. The zero-order chi connectivity index (χ0) is 25.6. The molecule has 2 N–H and O–H groups in total. The van der Waals surface area contributed by atoms with Gasteiger partial charge in [0.05, 0.1) is 12.2 Å². The van der Waals surface area contributed by atoms with Crippen molar-refractivity contribution in [2.75, 3.05) is 12.3 Å². The predicted octanol–water partition coefficient (Wildman–Crippen LogP) is 4.29. The second-order valence-corrected chi connectivity index (χ2v) is 21.4. The SMILES string of the molecule is CC(C)(C)[Si](C)(C)OC[C@H]1O[C@@H](n2cc(C=O)c([15NH2])[15n]c2=O)[C@H](F)[C@@H]1O[Si](C)(C)C(C)(C)C. The lowest BCUT2D eigenvalue weighted by Gasteiger charge is -2.40. The summed E-state index contributed by atoms with van der Waals surface area (Å²) in [6.45, 7) is 21.0. The van der Waals surface area contributed by atoms with Crippen LogP contribution < -0.4 is 11.4 Å². The van der Waals surface area contributed by atoms with Crippen molar-refractivity contribution in [1.82, 2.24) is 9.55 Å². The number of nitrogen functional groups attached to an aromatic ring is 1. The van der Waals surface area contributed by atoms with Crippen LogP contribution in [0.15, 0.2) is 11.0 Å². The van der Waals surface area contributed by atoms with E-state index < -0.39 is 46.9 Å². The minimum Gasteiger partial charge on any atom is -0.414 e. The highest BCUT2D eigenvalue weighted by Crippen LogP contribution is 2.43. The molecule has 33 heavy (non-hydrogen) atoms. The Morgan fingerprint density at radius 3 is 2.18 bits per heavy atom. The number of ether oxygens (including phenoxy) is 1. The Kier molecular flexibility index (Phi) is 7.87. The summed E-state index contributed by atoms with van der Waals surface area (Å²) in [5.41, 5.74) is 4.84. The standard InChI is InChI=1S/C22H40FN3O5Si2/c1-21(2,3)32(7,8)29-13-15-17(31-33(9,10)22(4,5)6)16(23)19(30-15)26-11-14(12-27)18(24)25-20(26)28/h11-12,15-17,19H,13H2,1-10H3,(H2,24,25,28)/t15-,16-,17-,19-/m1/s1/i24+1,25+1. The quantitative estimate of drug-likeness (QED) is 0.336. The van der Waals surface area contributed by atoms with Crippen molar-refractivity contribution in [3.05, 3.63) is 22.2 Å². The second kappa shape index (κ2) is 9.33. The van der Waals surface area contributed by atoms with Gasteiger partial charge in [-0.3, -0.25) is 9.36 Å². The summed E-state index contributed by atoms with van der Waals surface area (Å²) in [4.78, 5) is 27.5. The monoisotopic (exact) mass is 503 g/mol. The van der Waals surface area contributed by atoms with Gasteiger partial charge in [-0.15, -0.1) is 0 Å². The Morgan fingerprint density at radius 1 is 1.15 bits per heavy atom. The van der Waals surface area contributed by atoms with E-state index >= 15 is 4.39 Å². The summed E-state index contributed by atoms with van der Waals surface area (Å²) in [5, 5.41) is -0.188. The molecule has 0 amide bonds. The largest absolute Gasteiger partial charge is 0.414 e. The number of nitrogens with two attached hydrogens (primary N) is 1. The van der Waals surface area contributed by atoms with Crippen molar-refractivity contribution in [2.45, 2.75) is 102 Å². The number of aromatic nitrogens is 2. The number of hydrogen-bond donors (Lipinski definition) is 1. The van der Waals surface area contributed by atoms with Crippen LogP contribution in [-0.4, -0.2) is 57.5 Å². The lowest BCUT2D eigenvalue weighted by molar-refractivity contribution is -0.0455. The van der Waals surface area contributed by atoms with Crippen LogP contribution in [0.1, 0.15) is 58.1 Å². The minimum absolute atomic E-state index is 0.00626. The van der Waals surface area contributed by atoms with E-state index in [-0.39, 0.29) is 28.1 Å². The van der Waals surface area contributed by atoms with Gasteiger partial charge in [0, 0.05) is 6.20 Å². The molecule has 1 fully saturated rings. The maximum atomic E-state index is 15.9. The van der Waals surface area contributed by atoms with E-state index in [0.717, 1.165) is 4.57 Å². The summed E-state index contributed by atoms with van der Waals surface area (Å²) < 4.78 is 35.7. The molecule has 0 spiro atoms. The molecule has 0 saturated carbocycles. The number of halogens is 1. The van der Waals surface area contributed by atoms with Crippen LogP contribution in [0, 0.1) is 0 Å². The van der Waals surface area contributed by atoms with E-state index in [1.165, 1.54) is 6.20 Å². The van der Waals surface area contributed by atoms with Gasteiger partial charge < -0.3 is 19.3 Å². The molecule has 1 aromatic heterocycles. The molecule has 1 aliphatic heterocycles. The summed E-state index contributed by atoms with van der Waals surface area (Å²) in [7, 11) is -4.52. The van der Waals surface area contributed by atoms with Crippen LogP contribution in [0.5, 0.6) is 0 Å². The minimum atomic E-state index is -2.38. The molecule has 188 valence electrons. The van der Waals surface area contributed by atoms with Gasteiger partial charge in [0.15, 0.2) is 35.3 Å². The smallest absolute Gasteiger partial charge is 0.351 e. The molecule has 8 nitrogen and oxygen atoms in total. The number of aldehydes is 1. The van der Waals surface area contributed by atoms with Crippen LogP contribution in [0.4, 0.5) is 10.2 Å². The van der Waals surface area contributed by atoms with Crippen LogP contribution in [0.25, 0.3) is 0 Å².